The van der Waals surface area contributed by atoms with E-state index < -0.39 is 0 Å². The van der Waals surface area contributed by atoms with Crippen LogP contribution >= 0.6 is 11.6 Å². The third-order valence-electron chi connectivity index (χ3n) is 4.21. The van der Waals surface area contributed by atoms with Gasteiger partial charge in [-0.15, -0.1) is 0 Å². The Kier molecular flexibility index (Phi) is 8.18. The molecule has 2 aromatic rings. The lowest BCUT2D eigenvalue weighted by molar-refractivity contribution is -0.881. The Balaban J connectivity index is 1.87. The average Bonchev–Trinajstić information content (AvgIpc) is 2.64. The van der Waals surface area contributed by atoms with Crippen molar-refractivity contribution in [2.75, 3.05) is 35.6 Å². The molecule has 2 rings (SSSR count). The quantitative estimate of drug-likeness (QED) is 0.530. The number of rotatable bonds is 8. The summed E-state index contributed by atoms with van der Waals surface area (Å²) >= 11 is 6.15. The van der Waals surface area contributed by atoms with Crippen LogP contribution < -0.4 is 20.9 Å². The second-order valence-electron chi connectivity index (χ2n) is 6.80. The van der Waals surface area contributed by atoms with Crippen molar-refractivity contribution in [2.45, 2.75) is 20.8 Å². The number of carbonyl (C=O) groups is 3. The monoisotopic (exact) mass is 417 g/mol. The fourth-order valence-electron chi connectivity index (χ4n) is 2.73. The van der Waals surface area contributed by atoms with Gasteiger partial charge < -0.3 is 20.9 Å². The van der Waals surface area contributed by atoms with Crippen molar-refractivity contribution in [2.24, 2.45) is 0 Å². The van der Waals surface area contributed by atoms with Crippen LogP contribution in [0.1, 0.15) is 19.4 Å². The van der Waals surface area contributed by atoms with Crippen molar-refractivity contribution in [1.82, 2.24) is 0 Å². The van der Waals surface area contributed by atoms with Gasteiger partial charge in [0.2, 0.25) is 5.91 Å². The number of amides is 3. The lowest BCUT2D eigenvalue weighted by Crippen LogP contribution is -3.13. The smallest absolute Gasteiger partial charge is 0.279 e. The van der Waals surface area contributed by atoms with E-state index >= 15 is 0 Å². The summed E-state index contributed by atoms with van der Waals surface area (Å²) in [5.74, 6) is -0.565. The first kappa shape index (κ1) is 22.4. The molecule has 0 saturated carbocycles. The predicted octanol–water partition coefficient (Wildman–Crippen LogP) is 2.09. The molecule has 1 unspecified atom stereocenters. The summed E-state index contributed by atoms with van der Waals surface area (Å²) in [5.41, 5.74) is 2.84. The number of benzene rings is 2. The van der Waals surface area contributed by atoms with Crippen LogP contribution in [0.15, 0.2) is 42.5 Å². The van der Waals surface area contributed by atoms with Crippen LogP contribution in [-0.2, 0) is 14.4 Å². The van der Waals surface area contributed by atoms with Crippen LogP contribution in [0.25, 0.3) is 0 Å². The Morgan fingerprint density at radius 1 is 0.897 bits per heavy atom. The van der Waals surface area contributed by atoms with Crippen LogP contribution in [-0.4, -0.2) is 37.4 Å². The molecular formula is C21H26ClN4O3+. The highest BCUT2D eigenvalue weighted by molar-refractivity contribution is 6.33. The fraction of sp³-hybridized carbons (Fsp3) is 0.286. The number of hydrogen-bond acceptors (Lipinski definition) is 3. The van der Waals surface area contributed by atoms with Crippen LogP contribution in [0.2, 0.25) is 5.02 Å². The molecule has 0 aliphatic rings. The first-order valence-corrected chi connectivity index (χ1v) is 9.71. The van der Waals surface area contributed by atoms with E-state index in [1.165, 1.54) is 6.92 Å². The van der Waals surface area contributed by atoms with E-state index in [-0.39, 0.29) is 30.8 Å². The normalized spacial score (nSPS) is 11.4. The van der Waals surface area contributed by atoms with Gasteiger partial charge in [0.1, 0.15) is 0 Å². The number of anilines is 3. The second-order valence-corrected chi connectivity index (χ2v) is 7.20. The van der Waals surface area contributed by atoms with E-state index in [1.807, 2.05) is 19.9 Å². The maximum atomic E-state index is 12.3. The van der Waals surface area contributed by atoms with Gasteiger partial charge in [0.15, 0.2) is 13.1 Å². The Morgan fingerprint density at radius 2 is 1.45 bits per heavy atom. The molecule has 0 aliphatic heterocycles. The standard InChI is InChI=1S/C21H25ClN4O3/c1-4-26(13-21(29)25-19-10-5-14(2)11-18(19)22)12-20(28)24-17-8-6-16(7-9-17)23-15(3)27/h5-11H,4,12-13H2,1-3H3,(H,23,27)(H,24,28)(H,25,29)/p+1. The molecule has 0 fully saturated rings. The van der Waals surface area contributed by atoms with Gasteiger partial charge in [-0.1, -0.05) is 17.7 Å². The van der Waals surface area contributed by atoms with E-state index in [1.54, 1.807) is 36.4 Å². The molecule has 154 valence electrons. The minimum Gasteiger partial charge on any atom is -0.326 e. The minimum atomic E-state index is -0.208. The largest absolute Gasteiger partial charge is 0.326 e. The van der Waals surface area contributed by atoms with Gasteiger partial charge in [0, 0.05) is 18.3 Å². The highest BCUT2D eigenvalue weighted by Gasteiger charge is 2.17. The Hall–Kier alpha value is -2.90. The van der Waals surface area contributed by atoms with Crippen LogP contribution in [0.4, 0.5) is 17.1 Å². The zero-order chi connectivity index (χ0) is 21.4. The molecule has 0 saturated heterocycles. The van der Waals surface area contributed by atoms with Gasteiger partial charge in [-0.05, 0) is 55.8 Å². The Morgan fingerprint density at radius 3 is 1.97 bits per heavy atom. The number of nitrogens with one attached hydrogen (secondary N) is 4. The Labute approximate surface area is 175 Å². The molecule has 0 radical (unpaired) electrons. The highest BCUT2D eigenvalue weighted by atomic mass is 35.5. The molecule has 7 nitrogen and oxygen atoms in total. The highest BCUT2D eigenvalue weighted by Crippen LogP contribution is 2.22. The summed E-state index contributed by atoms with van der Waals surface area (Å²) in [6, 6.07) is 12.3. The number of aryl methyl sites for hydroxylation is 1. The SMILES string of the molecule is CC[NH+](CC(=O)Nc1ccc(NC(C)=O)cc1)CC(=O)Nc1ccc(C)cc1Cl. The molecule has 0 aliphatic carbocycles. The van der Waals surface area contributed by atoms with E-state index in [2.05, 4.69) is 16.0 Å². The molecule has 2 aromatic carbocycles. The van der Waals surface area contributed by atoms with Gasteiger partial charge >= 0.3 is 0 Å². The van der Waals surface area contributed by atoms with Gasteiger partial charge in [0.25, 0.3) is 11.8 Å². The summed E-state index contributed by atoms with van der Waals surface area (Å²) < 4.78 is 0. The summed E-state index contributed by atoms with van der Waals surface area (Å²) in [7, 11) is 0. The third-order valence-corrected chi connectivity index (χ3v) is 4.52. The molecule has 0 heterocycles. The third kappa shape index (κ3) is 7.56. The molecular weight excluding hydrogens is 392 g/mol. The lowest BCUT2D eigenvalue weighted by atomic mass is 10.2. The predicted molar refractivity (Wildman–Crippen MR) is 115 cm³/mol. The van der Waals surface area contributed by atoms with Crippen molar-refractivity contribution < 1.29 is 19.3 Å². The van der Waals surface area contributed by atoms with Crippen LogP contribution in [0.5, 0.6) is 0 Å². The molecule has 0 spiro atoms. The van der Waals surface area contributed by atoms with Gasteiger partial charge in [-0.25, -0.2) is 0 Å². The molecule has 8 heteroatoms. The van der Waals surface area contributed by atoms with E-state index in [9.17, 15) is 14.4 Å². The maximum absolute atomic E-state index is 12.3. The maximum Gasteiger partial charge on any atom is 0.279 e. The number of likely N-dealkylation sites (N-methyl/N-ethyl adjacent to an activating group) is 1. The van der Waals surface area contributed by atoms with Crippen LogP contribution in [0, 0.1) is 6.92 Å². The van der Waals surface area contributed by atoms with Gasteiger partial charge in [-0.3, -0.25) is 14.4 Å². The van der Waals surface area contributed by atoms with Crippen molar-refractivity contribution in [3.63, 3.8) is 0 Å². The van der Waals surface area contributed by atoms with Crippen molar-refractivity contribution >= 4 is 46.4 Å². The molecule has 1 atom stereocenters. The summed E-state index contributed by atoms with van der Waals surface area (Å²) in [6.07, 6.45) is 0. The van der Waals surface area contributed by atoms with Crippen molar-refractivity contribution in [3.05, 3.63) is 53.1 Å². The van der Waals surface area contributed by atoms with E-state index in [4.69, 9.17) is 11.6 Å². The minimum absolute atomic E-state index is 0.148. The molecule has 29 heavy (non-hydrogen) atoms. The topological polar surface area (TPSA) is 91.7 Å². The van der Waals surface area contributed by atoms with Crippen LogP contribution in [0.3, 0.4) is 0 Å². The summed E-state index contributed by atoms with van der Waals surface area (Å²) in [6.45, 7) is 6.18. The summed E-state index contributed by atoms with van der Waals surface area (Å²) in [5, 5.41) is 8.74. The average molecular weight is 418 g/mol. The Bertz CT molecular complexity index is 884. The van der Waals surface area contributed by atoms with Gasteiger partial charge in [-0.2, -0.15) is 0 Å². The molecule has 4 N–H and O–H groups in total. The van der Waals surface area contributed by atoms with E-state index in [0.717, 1.165) is 10.5 Å². The lowest BCUT2D eigenvalue weighted by Gasteiger charge is -2.17. The molecule has 0 bridgehead atoms. The first-order chi connectivity index (χ1) is 13.8. The number of carbonyl (C=O) groups excluding carboxylic acids is 3. The first-order valence-electron chi connectivity index (χ1n) is 9.34. The molecule has 3 amide bonds. The number of quaternary nitrogens is 1. The van der Waals surface area contributed by atoms with Gasteiger partial charge in [0.05, 0.1) is 17.3 Å². The van der Waals surface area contributed by atoms with E-state index in [0.29, 0.717) is 28.6 Å². The summed E-state index contributed by atoms with van der Waals surface area (Å²) in [4.78, 5) is 36.5. The zero-order valence-corrected chi connectivity index (χ0v) is 17.5. The number of halogens is 1. The molecule has 0 aromatic heterocycles. The van der Waals surface area contributed by atoms with Crippen molar-refractivity contribution in [1.29, 1.82) is 0 Å². The fourth-order valence-corrected chi connectivity index (χ4v) is 3.01. The zero-order valence-electron chi connectivity index (χ0n) is 16.8. The van der Waals surface area contributed by atoms with Crippen molar-refractivity contribution in [3.8, 4) is 0 Å². The number of hydrogen-bond donors (Lipinski definition) is 4. The second kappa shape index (κ2) is 10.6.